The molecule has 0 saturated carbocycles. The van der Waals surface area contributed by atoms with Gasteiger partial charge in [-0.05, 0) is 0 Å². The van der Waals surface area contributed by atoms with E-state index >= 15 is 0 Å². The molecule has 26 heavy (non-hydrogen) atoms. The second-order valence-electron chi connectivity index (χ2n) is 0. The van der Waals surface area contributed by atoms with E-state index in [9.17, 15) is 0 Å². The average molecular weight is 6940 g/mol. The smallest absolute Gasteiger partial charge is 0 e. The second kappa shape index (κ2) is -0.00592. The summed E-state index contributed by atoms with van der Waals surface area (Å²) >= 11 is 0. The van der Waals surface area contributed by atoms with Gasteiger partial charge in [-0.2, -0.15) is 0 Å². The topological polar surface area (TPSA) is 0 Å². The van der Waals surface area contributed by atoms with Crippen LogP contribution in [0, 0.1) is 0 Å². The summed E-state index contributed by atoms with van der Waals surface area (Å²) in [4.78, 5) is 0. The SMILES string of the molecule is [Rf].[Rf].[Rf].[Rf].[Rf].[Rf].[Rf].[Rf].[Rf].[Rf].[Rf].[Rf].[Rf].[Rf].[Rf].[Rf].[Rf].[Rf].[Rf].[Rf].[Rf].[Rf].[Rf].[Rf].[Rf].[Rf]. The first-order valence-corrected chi connectivity index (χ1v) is 0. The molecule has 0 aromatic heterocycles. The van der Waals surface area contributed by atoms with Crippen molar-refractivity contribution in [3.05, 3.63) is 0 Å². The van der Waals surface area contributed by atoms with Crippen LogP contribution in [0.4, 0.5) is 0 Å². The molecule has 0 atom stereocenters. The van der Waals surface area contributed by atoms with E-state index in [1.165, 1.54) is 0 Å². The van der Waals surface area contributed by atoms with Gasteiger partial charge in [-0.25, -0.2) is 0 Å². The summed E-state index contributed by atoms with van der Waals surface area (Å²) in [6.45, 7) is 0. The maximum atomic E-state index is 0. The molecule has 0 N–H and O–H groups in total. The van der Waals surface area contributed by atoms with E-state index < -0.39 is 0 Å². The molecule has 0 fully saturated rings. The third kappa shape index (κ3) is -0.0266. The standard InChI is InChI=1S/26Rf. The van der Waals surface area contributed by atoms with E-state index in [2.05, 4.69) is 0 Å². The molecule has 0 aromatic carbocycles. The van der Waals surface area contributed by atoms with E-state index in [0.29, 0.717) is 0 Å². The van der Waals surface area contributed by atoms with Crippen molar-refractivity contribution in [1.29, 1.82) is 0 Å². The molecule has 52 valence electrons. The molecule has 0 aliphatic carbocycles. The van der Waals surface area contributed by atoms with Gasteiger partial charge in [0.2, 0.25) is 0 Å². The van der Waals surface area contributed by atoms with Crippen molar-refractivity contribution in [2.24, 2.45) is 0 Å². The molecule has 0 rings (SSSR count). The fourth-order valence-corrected chi connectivity index (χ4v) is 0. The summed E-state index contributed by atoms with van der Waals surface area (Å²) in [5.41, 5.74) is 0. The van der Waals surface area contributed by atoms with Crippen molar-refractivity contribution in [3.63, 3.8) is 0 Å². The third-order valence-corrected chi connectivity index (χ3v) is 0. The van der Waals surface area contributed by atoms with Gasteiger partial charge in [0.1, 0.15) is 0 Å². The Morgan fingerprint density at radius 1 is 0.0385 bits per heavy atom. The summed E-state index contributed by atoms with van der Waals surface area (Å²) in [7, 11) is 0. The minimum atomic E-state index is 0. The quantitative estimate of drug-likeness (QED) is 0.321. The molecule has 0 spiro atoms. The van der Waals surface area contributed by atoms with Gasteiger partial charge in [0, 0.05) is 0 Å². The summed E-state index contributed by atoms with van der Waals surface area (Å²) in [6, 6.07) is 0. The summed E-state index contributed by atoms with van der Waals surface area (Å²) < 4.78 is 0. The van der Waals surface area contributed by atoms with Crippen LogP contribution in [0.5, 0.6) is 0 Å². The predicted molar refractivity (Wildman–Crippen MR) is 0 cm³/mol. The average Bonchev–Trinajstić information content (AvgIpc) is 0. The third-order valence-electron chi connectivity index (χ3n) is 0. The Labute approximate surface area is 0 Å². The maximum Gasteiger partial charge on any atom is 0 e. The first-order chi connectivity index (χ1) is 0. The van der Waals surface area contributed by atoms with Crippen LogP contribution in [0.15, 0.2) is 0 Å². The van der Waals surface area contributed by atoms with Crippen molar-refractivity contribution >= 4 is 0 Å². The van der Waals surface area contributed by atoms with Crippen LogP contribution in [0.25, 0.3) is 0 Å². The molecular weight excluding hydrogens is 6940 g/mol. The Hall–Kier alpha value is -26.0. The van der Waals surface area contributed by atoms with Crippen LogP contribution in [0.3, 0.4) is 0 Å². The van der Waals surface area contributed by atoms with Gasteiger partial charge in [-0.3, -0.25) is 0 Å². The van der Waals surface area contributed by atoms with Crippen LogP contribution in [0.1, 0.15) is 0 Å². The fourth-order valence-electron chi connectivity index (χ4n) is 0. The predicted octanol–water partition coefficient (Wildman–Crippen LogP) is 0. The van der Waals surface area contributed by atoms with Crippen molar-refractivity contribution < 1.29 is 0 Å². The molecule has 26 heteroatoms. The van der Waals surface area contributed by atoms with Gasteiger partial charge < -0.3 is 0 Å². The number of hydrogen-bond donors (Lipinski definition) is 0. The molecule has 0 heterocycles. The van der Waals surface area contributed by atoms with Gasteiger partial charge in [0.05, 0.1) is 0 Å². The Bertz CT molecular complexity index is 0. The molecule has 0 aliphatic heterocycles. The van der Waals surface area contributed by atoms with E-state index in [4.69, 9.17) is 0 Å². The largest absolute Gasteiger partial charge is 0 e. The summed E-state index contributed by atoms with van der Waals surface area (Å²) in [6.07, 6.45) is 0. The van der Waals surface area contributed by atoms with E-state index in [0.717, 1.165) is 0 Å². The minimum Gasteiger partial charge on any atom is 0 e. The zero-order valence-corrected chi connectivity index (χ0v) is 185. The molecule has 0 saturated heterocycles. The van der Waals surface area contributed by atoms with Crippen molar-refractivity contribution in [2.75, 3.05) is 0 Å². The fraction of sp³-hybridized carbons (Fsp3) is 0. The summed E-state index contributed by atoms with van der Waals surface area (Å²) in [5.74, 6) is 0. The molecule has 0 bridgehead atoms. The van der Waals surface area contributed by atoms with Crippen LogP contribution >= 0.6 is 0 Å². The molecule has 0 aliphatic rings. The van der Waals surface area contributed by atoms with Crippen molar-refractivity contribution in [1.82, 2.24) is 0 Å². The Balaban J connectivity index is 0. The molecule has 0 nitrogen and oxygen atoms in total. The zero-order valence-electron chi connectivity index (χ0n) is 18.4. The zero-order chi connectivity index (χ0) is 0. The van der Waals surface area contributed by atoms with Crippen LogP contribution in [-0.4, -0.2) is 0 Å². The Morgan fingerprint density at radius 3 is 0.0385 bits per heavy atom. The number of rotatable bonds is 0. The Kier molecular flexibility index (Phi) is 0. The molecule has 0 unspecified atom stereocenters. The van der Waals surface area contributed by atoms with Gasteiger partial charge in [-0.15, -0.1) is 0 Å². The van der Waals surface area contributed by atoms with Gasteiger partial charge in [0.25, 0.3) is 0 Å². The van der Waals surface area contributed by atoms with Gasteiger partial charge >= 0.3 is 0 Å². The Morgan fingerprint density at radius 2 is 0.0385 bits per heavy atom. The summed E-state index contributed by atoms with van der Waals surface area (Å²) in [5, 5.41) is 0. The van der Waals surface area contributed by atoms with Crippen LogP contribution in [0.2, 0.25) is 0 Å². The molecule has 0 amide bonds. The molecular formula is Rf26. The molecule has 0 radical (unpaired) electrons. The maximum absolute atomic E-state index is 0. The molecule has 0 aromatic rings. The minimum absolute atomic E-state index is 0. The van der Waals surface area contributed by atoms with E-state index in [1.807, 2.05) is 0 Å². The number of hydrogen-bond acceptors (Lipinski definition) is 0. The first-order valence-electron chi connectivity index (χ1n) is 0. The second-order valence-corrected chi connectivity index (χ2v) is 0. The van der Waals surface area contributed by atoms with E-state index in [1.54, 1.807) is 0 Å². The van der Waals surface area contributed by atoms with E-state index in [-0.39, 0.29) is 0 Å². The van der Waals surface area contributed by atoms with Crippen molar-refractivity contribution in [2.45, 2.75) is 0 Å². The van der Waals surface area contributed by atoms with Crippen LogP contribution in [-0.2, 0) is 0 Å². The van der Waals surface area contributed by atoms with Crippen molar-refractivity contribution in [3.8, 4) is 0 Å². The van der Waals surface area contributed by atoms with Gasteiger partial charge in [-0.1, -0.05) is 0 Å². The van der Waals surface area contributed by atoms with Gasteiger partial charge in [0.15, 0.2) is 0 Å². The van der Waals surface area contributed by atoms with Crippen LogP contribution < -0.4 is 0 Å². The first kappa shape index (κ1) is 0. The normalized spacial score (nSPS) is 0. The monoisotopic (exact) mass is 6950 g/mol.